The quantitative estimate of drug-likeness (QED) is 0.228. The van der Waals surface area contributed by atoms with Gasteiger partial charge in [-0.3, -0.25) is 14.9 Å². The topological polar surface area (TPSA) is 57.2 Å². The Bertz CT molecular complexity index is 1700. The molecule has 1 saturated heterocycles. The molecule has 0 unspecified atom stereocenters. The fraction of sp³-hybridized carbons (Fsp3) is 0.343. The molecule has 3 aromatic heterocycles. The van der Waals surface area contributed by atoms with Crippen LogP contribution in [0.25, 0.3) is 16.7 Å². The number of halogens is 1. The Hall–Kier alpha value is -3.68. The summed E-state index contributed by atoms with van der Waals surface area (Å²) in [6, 6.07) is 6.52. The lowest BCUT2D eigenvalue weighted by Crippen LogP contribution is -2.29. The fourth-order valence-corrected chi connectivity index (χ4v) is 6.93. The molecule has 1 saturated carbocycles. The summed E-state index contributed by atoms with van der Waals surface area (Å²) in [7, 11) is 0. The summed E-state index contributed by atoms with van der Waals surface area (Å²) in [5.74, 6) is 0.390. The number of rotatable bonds is 7. The van der Waals surface area contributed by atoms with Gasteiger partial charge in [0.05, 0.1) is 11.7 Å². The van der Waals surface area contributed by atoms with Gasteiger partial charge < -0.3 is 4.98 Å². The predicted octanol–water partition coefficient (Wildman–Crippen LogP) is 7.82. The Kier molecular flexibility index (Phi) is 7.46. The highest BCUT2D eigenvalue weighted by Gasteiger charge is 2.29. The summed E-state index contributed by atoms with van der Waals surface area (Å²) in [4.78, 5) is 20.8. The highest BCUT2D eigenvalue weighted by molar-refractivity contribution is 7.08. The van der Waals surface area contributed by atoms with Crippen molar-refractivity contribution in [2.24, 2.45) is 4.99 Å². The Balaban J connectivity index is 1.31. The van der Waals surface area contributed by atoms with Gasteiger partial charge in [-0.05, 0) is 97.8 Å². The molecule has 42 heavy (non-hydrogen) atoms. The van der Waals surface area contributed by atoms with Crippen molar-refractivity contribution >= 4 is 22.6 Å². The number of nitrogens with one attached hydrogen (secondary N) is 1. The first-order valence-corrected chi connectivity index (χ1v) is 16.0. The highest BCUT2D eigenvalue weighted by Crippen LogP contribution is 2.35. The molecule has 4 heterocycles. The van der Waals surface area contributed by atoms with Gasteiger partial charge >= 0.3 is 0 Å². The molecular formula is C35H36FN5S. The third-order valence-corrected chi connectivity index (χ3v) is 9.19. The van der Waals surface area contributed by atoms with Crippen LogP contribution in [0.2, 0.25) is 0 Å². The molecule has 1 aromatic carbocycles. The Morgan fingerprint density at radius 3 is 2.74 bits per heavy atom. The number of piperidine rings is 1. The average Bonchev–Trinajstić information content (AvgIpc) is 3.52. The van der Waals surface area contributed by atoms with Crippen molar-refractivity contribution < 1.29 is 4.39 Å². The minimum atomic E-state index is -0.246. The molecule has 0 atom stereocenters. The number of H-pyrrole nitrogens is 1. The van der Waals surface area contributed by atoms with Crippen LogP contribution < -0.4 is 0 Å². The minimum Gasteiger partial charge on any atom is -0.340 e. The molecule has 214 valence electrons. The van der Waals surface area contributed by atoms with Crippen LogP contribution in [-0.2, 0) is 13.0 Å². The molecule has 2 aliphatic carbocycles. The van der Waals surface area contributed by atoms with Crippen LogP contribution in [-0.4, -0.2) is 44.7 Å². The van der Waals surface area contributed by atoms with Gasteiger partial charge in [-0.25, -0.2) is 9.37 Å². The summed E-state index contributed by atoms with van der Waals surface area (Å²) >= 11 is 1.67. The third-order valence-electron chi connectivity index (χ3n) is 8.51. The first kappa shape index (κ1) is 27.2. The maximum absolute atomic E-state index is 16.9. The van der Waals surface area contributed by atoms with Crippen molar-refractivity contribution in [3.8, 4) is 11.1 Å². The lowest BCUT2D eigenvalue weighted by Gasteiger charge is -2.26. The molecule has 4 aromatic rings. The molecule has 1 aliphatic heterocycles. The second-order valence-electron chi connectivity index (χ2n) is 11.8. The number of likely N-dealkylation sites (tertiary alicyclic amines) is 1. The van der Waals surface area contributed by atoms with E-state index in [9.17, 15) is 0 Å². The first-order chi connectivity index (χ1) is 20.5. The molecule has 0 bridgehead atoms. The number of thiophene rings is 1. The van der Waals surface area contributed by atoms with Gasteiger partial charge in [-0.2, -0.15) is 11.3 Å². The van der Waals surface area contributed by atoms with Crippen molar-refractivity contribution in [1.29, 1.82) is 0 Å². The zero-order valence-electron chi connectivity index (χ0n) is 24.3. The number of nitrogens with zero attached hydrogens (tertiary/aromatic N) is 4. The molecular weight excluding hydrogens is 541 g/mol. The Morgan fingerprint density at radius 1 is 1.10 bits per heavy atom. The van der Waals surface area contributed by atoms with Crippen LogP contribution in [0.5, 0.6) is 0 Å². The third kappa shape index (κ3) is 5.43. The van der Waals surface area contributed by atoms with Crippen LogP contribution >= 0.6 is 11.3 Å². The van der Waals surface area contributed by atoms with Crippen LogP contribution in [0.3, 0.4) is 0 Å². The number of aryl methyl sites for hydroxylation is 2. The maximum Gasteiger partial charge on any atom is 0.157 e. The summed E-state index contributed by atoms with van der Waals surface area (Å²) in [5.41, 5.74) is 9.61. The second kappa shape index (κ2) is 11.5. The van der Waals surface area contributed by atoms with Gasteiger partial charge in [-0.1, -0.05) is 30.7 Å². The number of hydrogen-bond acceptors (Lipinski definition) is 5. The number of imidazole rings is 1. The van der Waals surface area contributed by atoms with Crippen LogP contribution in [0.1, 0.15) is 77.1 Å². The van der Waals surface area contributed by atoms with E-state index in [1.807, 2.05) is 20.0 Å². The van der Waals surface area contributed by atoms with Gasteiger partial charge in [0.1, 0.15) is 11.5 Å². The van der Waals surface area contributed by atoms with E-state index in [4.69, 9.17) is 9.98 Å². The number of aromatic amines is 1. The van der Waals surface area contributed by atoms with E-state index in [1.165, 1.54) is 19.3 Å². The lowest BCUT2D eigenvalue weighted by atomic mass is 9.91. The van der Waals surface area contributed by atoms with E-state index in [2.05, 4.69) is 62.1 Å². The van der Waals surface area contributed by atoms with Crippen molar-refractivity contribution in [3.05, 3.63) is 110 Å². The Labute approximate surface area is 251 Å². The van der Waals surface area contributed by atoms with Crippen molar-refractivity contribution in [3.63, 3.8) is 0 Å². The van der Waals surface area contributed by atoms with Gasteiger partial charge in [0, 0.05) is 53.3 Å². The smallest absolute Gasteiger partial charge is 0.157 e. The summed E-state index contributed by atoms with van der Waals surface area (Å²) < 4.78 is 16.9. The number of fused-ring (bicyclic) bond motifs is 1. The van der Waals surface area contributed by atoms with Gasteiger partial charge in [0.2, 0.25) is 0 Å². The van der Waals surface area contributed by atoms with E-state index in [0.717, 1.165) is 83.7 Å². The molecule has 0 radical (unpaired) electrons. The van der Waals surface area contributed by atoms with E-state index in [0.29, 0.717) is 22.7 Å². The summed E-state index contributed by atoms with van der Waals surface area (Å²) in [5, 5.41) is 4.23. The molecule has 1 N–H and O–H groups in total. The SMILES string of the molecule is Cc1cc(C)c(-c2cncc(CN3CCCCC3)c2)c(F)c1C(=NC1CC1)c1nc2c([nH]1)CC=CC=C2c1ccsc1. The molecule has 5 nitrogen and oxygen atoms in total. The molecule has 2 fully saturated rings. The number of pyridine rings is 1. The van der Waals surface area contributed by atoms with E-state index in [1.54, 1.807) is 17.5 Å². The van der Waals surface area contributed by atoms with E-state index in [-0.39, 0.29) is 11.9 Å². The molecule has 0 amide bonds. The molecule has 3 aliphatic rings. The fourth-order valence-electron chi connectivity index (χ4n) is 6.27. The molecule has 7 heteroatoms. The van der Waals surface area contributed by atoms with Gasteiger partial charge in [0.25, 0.3) is 0 Å². The standard InChI is InChI=1S/C35H36FN5S/c1-22-16-23(2)31(32(36)30(22)26-17-24(18-37-19-26)20-41-13-6-3-7-14-41)34(38-27-10-11-27)35-39-29-9-5-4-8-28(33(29)40-35)25-12-15-42-21-25/h4-5,8,12,15-19,21,27H,3,6-7,9-11,13-14,20H2,1-2H3,(H,39,40). The number of aliphatic imine (C=N–C) groups is 1. The number of hydrogen-bond donors (Lipinski definition) is 1. The van der Waals surface area contributed by atoms with Crippen molar-refractivity contribution in [2.75, 3.05) is 13.1 Å². The van der Waals surface area contributed by atoms with Crippen LogP contribution in [0.15, 0.2) is 64.6 Å². The van der Waals surface area contributed by atoms with E-state index < -0.39 is 0 Å². The predicted molar refractivity (Wildman–Crippen MR) is 170 cm³/mol. The summed E-state index contributed by atoms with van der Waals surface area (Å²) in [6.07, 6.45) is 16.6. The van der Waals surface area contributed by atoms with Crippen molar-refractivity contribution in [1.82, 2.24) is 19.9 Å². The van der Waals surface area contributed by atoms with E-state index >= 15 is 4.39 Å². The second-order valence-corrected chi connectivity index (χ2v) is 12.6. The number of allylic oxidation sites excluding steroid dienone is 3. The van der Waals surface area contributed by atoms with Crippen LogP contribution in [0, 0.1) is 19.7 Å². The first-order valence-electron chi connectivity index (χ1n) is 15.1. The lowest BCUT2D eigenvalue weighted by molar-refractivity contribution is 0.220. The van der Waals surface area contributed by atoms with Crippen molar-refractivity contribution in [2.45, 2.75) is 65.0 Å². The average molecular weight is 578 g/mol. The summed E-state index contributed by atoms with van der Waals surface area (Å²) in [6.45, 7) is 7.04. The normalized spacial score (nSPS) is 17.7. The zero-order valence-corrected chi connectivity index (χ0v) is 25.1. The maximum atomic E-state index is 16.9. The number of aromatic nitrogens is 3. The Morgan fingerprint density at radius 2 is 1.95 bits per heavy atom. The van der Waals surface area contributed by atoms with Gasteiger partial charge in [0.15, 0.2) is 5.82 Å². The minimum absolute atomic E-state index is 0.203. The highest BCUT2D eigenvalue weighted by atomic mass is 32.1. The van der Waals surface area contributed by atoms with Gasteiger partial charge in [-0.15, -0.1) is 0 Å². The zero-order chi connectivity index (χ0) is 28.6. The number of benzene rings is 1. The molecule has 0 spiro atoms. The van der Waals surface area contributed by atoms with Crippen LogP contribution in [0.4, 0.5) is 4.39 Å². The largest absolute Gasteiger partial charge is 0.340 e. The molecule has 7 rings (SSSR count). The monoisotopic (exact) mass is 577 g/mol.